The normalized spacial score (nSPS) is 11.1. The van der Waals surface area contributed by atoms with Gasteiger partial charge in [-0.3, -0.25) is 19.9 Å². The second-order valence-electron chi connectivity index (χ2n) is 6.46. The standard InChI is InChI=1S/C20H26N6OS/c1-5-14-10-8-9-11-15(14)26-18(21)17-13(4)23-24-19(17)22-20(26)28-12-16(27)25(6-2)7-3/h8-11,21H,5-7,12H2,1-4H3,(H,23,24). The number of hydrogen-bond acceptors (Lipinski definition) is 5. The first-order chi connectivity index (χ1) is 13.5. The van der Waals surface area contributed by atoms with Crippen LogP contribution in [0.2, 0.25) is 0 Å². The van der Waals surface area contributed by atoms with Gasteiger partial charge < -0.3 is 4.90 Å². The summed E-state index contributed by atoms with van der Waals surface area (Å²) in [7, 11) is 0. The van der Waals surface area contributed by atoms with Gasteiger partial charge in [-0.2, -0.15) is 5.10 Å². The van der Waals surface area contributed by atoms with Gasteiger partial charge in [-0.25, -0.2) is 4.98 Å². The van der Waals surface area contributed by atoms with Crippen LogP contribution < -0.4 is 5.49 Å². The molecule has 8 heteroatoms. The Kier molecular flexibility index (Phi) is 6.18. The maximum atomic E-state index is 12.5. The molecule has 0 aliphatic carbocycles. The summed E-state index contributed by atoms with van der Waals surface area (Å²) in [4.78, 5) is 19.0. The molecule has 0 saturated heterocycles. The number of carbonyl (C=O) groups excluding carboxylic acids is 1. The lowest BCUT2D eigenvalue weighted by Crippen LogP contribution is -2.32. The molecule has 2 heterocycles. The number of nitrogens with one attached hydrogen (secondary N) is 2. The number of aromatic amines is 1. The van der Waals surface area contributed by atoms with E-state index in [0.717, 1.165) is 23.4 Å². The van der Waals surface area contributed by atoms with Gasteiger partial charge in [-0.1, -0.05) is 36.9 Å². The molecular weight excluding hydrogens is 372 g/mol. The first kappa shape index (κ1) is 20.1. The average Bonchev–Trinajstić information content (AvgIpc) is 3.08. The summed E-state index contributed by atoms with van der Waals surface area (Å²) >= 11 is 1.35. The SMILES string of the molecule is CCc1ccccc1-n1c(SCC(=O)N(CC)CC)nc2n[nH]c(C)c2c1=N. The molecule has 0 unspecified atom stereocenters. The molecule has 1 aromatic carbocycles. The second kappa shape index (κ2) is 8.60. The number of rotatable bonds is 7. The minimum Gasteiger partial charge on any atom is -0.343 e. The molecule has 7 nitrogen and oxygen atoms in total. The third-order valence-corrected chi connectivity index (χ3v) is 5.76. The fraction of sp³-hybridized carbons (Fsp3) is 0.400. The van der Waals surface area contributed by atoms with Crippen molar-refractivity contribution in [3.63, 3.8) is 0 Å². The number of carbonyl (C=O) groups is 1. The maximum Gasteiger partial charge on any atom is 0.233 e. The predicted molar refractivity (Wildman–Crippen MR) is 112 cm³/mol. The summed E-state index contributed by atoms with van der Waals surface area (Å²) in [6.45, 7) is 9.30. The lowest BCUT2D eigenvalue weighted by molar-refractivity contribution is -0.127. The molecule has 2 N–H and O–H groups in total. The summed E-state index contributed by atoms with van der Waals surface area (Å²) in [5.74, 6) is 0.342. The van der Waals surface area contributed by atoms with Crippen molar-refractivity contribution in [1.82, 2.24) is 24.6 Å². The second-order valence-corrected chi connectivity index (χ2v) is 7.41. The Morgan fingerprint density at radius 1 is 1.25 bits per heavy atom. The molecule has 0 bridgehead atoms. The van der Waals surface area contributed by atoms with Crippen molar-refractivity contribution in [3.05, 3.63) is 41.0 Å². The lowest BCUT2D eigenvalue weighted by Gasteiger charge is -2.19. The van der Waals surface area contributed by atoms with E-state index in [-0.39, 0.29) is 11.7 Å². The number of thioether (sulfide) groups is 1. The van der Waals surface area contributed by atoms with E-state index >= 15 is 0 Å². The van der Waals surface area contributed by atoms with E-state index < -0.39 is 0 Å². The quantitative estimate of drug-likeness (QED) is 0.473. The number of aromatic nitrogens is 4. The van der Waals surface area contributed by atoms with E-state index in [9.17, 15) is 4.79 Å². The molecule has 0 atom stereocenters. The number of amides is 1. The van der Waals surface area contributed by atoms with Crippen LogP contribution in [0.1, 0.15) is 32.0 Å². The van der Waals surface area contributed by atoms with Gasteiger partial charge in [0.15, 0.2) is 10.8 Å². The zero-order chi connectivity index (χ0) is 20.3. The van der Waals surface area contributed by atoms with Crippen LogP contribution in [0, 0.1) is 12.3 Å². The largest absolute Gasteiger partial charge is 0.343 e. The van der Waals surface area contributed by atoms with Crippen LogP contribution in [0.25, 0.3) is 16.7 Å². The summed E-state index contributed by atoms with van der Waals surface area (Å²) in [6.07, 6.45) is 0.841. The van der Waals surface area contributed by atoms with Crippen molar-refractivity contribution in [2.24, 2.45) is 0 Å². The van der Waals surface area contributed by atoms with Crippen LogP contribution in [-0.2, 0) is 11.2 Å². The lowest BCUT2D eigenvalue weighted by atomic mass is 10.1. The summed E-state index contributed by atoms with van der Waals surface area (Å²) in [6, 6.07) is 8.01. The molecular formula is C20H26N6OS. The van der Waals surface area contributed by atoms with Gasteiger partial charge in [0.2, 0.25) is 5.91 Å². The van der Waals surface area contributed by atoms with Gasteiger partial charge in [0.25, 0.3) is 0 Å². The molecule has 0 aliphatic rings. The topological polar surface area (TPSA) is 90.7 Å². The Bertz CT molecular complexity index is 1050. The van der Waals surface area contributed by atoms with Crippen molar-refractivity contribution in [3.8, 4) is 5.69 Å². The van der Waals surface area contributed by atoms with Crippen molar-refractivity contribution < 1.29 is 4.79 Å². The smallest absolute Gasteiger partial charge is 0.233 e. The van der Waals surface area contributed by atoms with Gasteiger partial charge in [0.05, 0.1) is 16.8 Å². The molecule has 3 rings (SSSR count). The highest BCUT2D eigenvalue weighted by atomic mass is 32.2. The molecule has 0 fully saturated rings. The molecule has 2 aromatic heterocycles. The summed E-state index contributed by atoms with van der Waals surface area (Å²) in [5.41, 5.74) is 3.69. The number of nitrogens with zero attached hydrogens (tertiary/aromatic N) is 4. The van der Waals surface area contributed by atoms with E-state index in [0.29, 0.717) is 34.8 Å². The Balaban J connectivity index is 2.13. The average molecular weight is 399 g/mol. The van der Waals surface area contributed by atoms with Crippen molar-refractivity contribution in [1.29, 1.82) is 5.41 Å². The molecule has 1 amide bonds. The Hall–Kier alpha value is -2.61. The third-order valence-electron chi connectivity index (χ3n) is 4.84. The van der Waals surface area contributed by atoms with Gasteiger partial charge in [-0.15, -0.1) is 0 Å². The molecule has 3 aromatic rings. The van der Waals surface area contributed by atoms with Crippen LogP contribution >= 0.6 is 11.8 Å². The van der Waals surface area contributed by atoms with E-state index in [1.54, 1.807) is 4.90 Å². The van der Waals surface area contributed by atoms with Crippen LogP contribution in [0.15, 0.2) is 29.4 Å². The zero-order valence-electron chi connectivity index (χ0n) is 16.7. The van der Waals surface area contributed by atoms with Crippen LogP contribution in [0.3, 0.4) is 0 Å². The van der Waals surface area contributed by atoms with E-state index in [4.69, 9.17) is 5.41 Å². The highest BCUT2D eigenvalue weighted by Gasteiger charge is 2.18. The first-order valence-electron chi connectivity index (χ1n) is 9.52. The van der Waals surface area contributed by atoms with E-state index in [1.165, 1.54) is 11.8 Å². The monoisotopic (exact) mass is 398 g/mol. The van der Waals surface area contributed by atoms with Crippen molar-refractivity contribution in [2.75, 3.05) is 18.8 Å². The van der Waals surface area contributed by atoms with Crippen LogP contribution in [0.4, 0.5) is 0 Å². The van der Waals surface area contributed by atoms with Gasteiger partial charge in [-0.05, 0) is 38.8 Å². The number of fused-ring (bicyclic) bond motifs is 1. The minimum atomic E-state index is 0.0666. The first-order valence-corrected chi connectivity index (χ1v) is 10.5. The third kappa shape index (κ3) is 3.69. The highest BCUT2D eigenvalue weighted by Crippen LogP contribution is 2.24. The number of para-hydroxylation sites is 1. The predicted octanol–water partition coefficient (Wildman–Crippen LogP) is 3.06. The van der Waals surface area contributed by atoms with Gasteiger partial charge in [0.1, 0.15) is 5.49 Å². The highest BCUT2D eigenvalue weighted by molar-refractivity contribution is 7.99. The number of aryl methyl sites for hydroxylation is 2. The number of benzene rings is 1. The molecule has 0 aliphatic heterocycles. The van der Waals surface area contributed by atoms with E-state index in [2.05, 4.69) is 28.2 Å². The number of H-pyrrole nitrogens is 1. The Morgan fingerprint density at radius 2 is 1.96 bits per heavy atom. The van der Waals surface area contributed by atoms with Crippen molar-refractivity contribution in [2.45, 2.75) is 39.3 Å². The molecule has 148 valence electrons. The fourth-order valence-electron chi connectivity index (χ4n) is 3.27. The zero-order valence-corrected chi connectivity index (χ0v) is 17.6. The molecule has 0 radical (unpaired) electrons. The summed E-state index contributed by atoms with van der Waals surface area (Å²) in [5, 5.41) is 17.3. The Labute approximate surface area is 168 Å². The molecule has 0 saturated carbocycles. The maximum absolute atomic E-state index is 12.5. The molecule has 28 heavy (non-hydrogen) atoms. The summed E-state index contributed by atoms with van der Waals surface area (Å²) < 4.78 is 1.84. The van der Waals surface area contributed by atoms with E-state index in [1.807, 2.05) is 43.5 Å². The fourth-order valence-corrected chi connectivity index (χ4v) is 4.18. The van der Waals surface area contributed by atoms with Gasteiger partial charge in [0, 0.05) is 18.8 Å². The van der Waals surface area contributed by atoms with Crippen LogP contribution in [-0.4, -0.2) is 49.4 Å². The Morgan fingerprint density at radius 3 is 2.64 bits per heavy atom. The number of hydrogen-bond donors (Lipinski definition) is 2. The minimum absolute atomic E-state index is 0.0666. The van der Waals surface area contributed by atoms with Crippen molar-refractivity contribution >= 4 is 28.7 Å². The van der Waals surface area contributed by atoms with Crippen LogP contribution in [0.5, 0.6) is 0 Å². The van der Waals surface area contributed by atoms with Gasteiger partial charge >= 0.3 is 0 Å². The molecule has 0 spiro atoms.